The topological polar surface area (TPSA) is 70.0 Å². The maximum absolute atomic E-state index is 12.6. The van der Waals surface area contributed by atoms with Gasteiger partial charge in [-0.15, -0.1) is 0 Å². The molecule has 0 saturated carbocycles. The Balaban J connectivity index is 1.90. The molecule has 1 unspecified atom stereocenters. The summed E-state index contributed by atoms with van der Waals surface area (Å²) in [4.78, 5) is 27.2. The second kappa shape index (κ2) is 8.19. The Hall–Kier alpha value is -2.96. The van der Waals surface area contributed by atoms with Crippen molar-refractivity contribution in [1.29, 1.82) is 0 Å². The summed E-state index contributed by atoms with van der Waals surface area (Å²) in [7, 11) is 1.62. The molecule has 3 rings (SSSR count). The lowest BCUT2D eigenvalue weighted by molar-refractivity contribution is -0.144. The number of nitrogens with zero attached hydrogens (tertiary/aromatic N) is 2. The molecule has 0 aliphatic carbocycles. The monoisotopic (exact) mass is 400 g/mol. The Morgan fingerprint density at radius 3 is 2.41 bits per heavy atom. The lowest BCUT2D eigenvalue weighted by atomic mass is 10.1. The molecule has 7 nitrogen and oxygen atoms in total. The van der Waals surface area contributed by atoms with E-state index in [0.29, 0.717) is 19.6 Å². The number of benzene rings is 1. The molecule has 0 radical (unpaired) electrons. The molecular weight excluding hydrogens is 372 g/mol. The number of anilines is 1. The number of hydrogen-bond acceptors (Lipinski definition) is 6. The van der Waals surface area contributed by atoms with Gasteiger partial charge in [0.25, 0.3) is 0 Å². The number of rotatable bonds is 5. The number of esters is 1. The van der Waals surface area contributed by atoms with Gasteiger partial charge < -0.3 is 19.1 Å². The number of hydrogen-bond donors (Lipinski definition) is 0. The van der Waals surface area contributed by atoms with Crippen LogP contribution in [0.15, 0.2) is 36.5 Å². The van der Waals surface area contributed by atoms with E-state index in [0.717, 1.165) is 22.7 Å². The first-order valence-electron chi connectivity index (χ1n) is 9.73. The minimum Gasteiger partial charge on any atom is -0.497 e. The molecule has 0 amide bonds. The van der Waals surface area contributed by atoms with Crippen molar-refractivity contribution in [2.45, 2.75) is 52.3 Å². The van der Waals surface area contributed by atoms with Crippen LogP contribution in [0.4, 0.5) is 10.5 Å². The van der Waals surface area contributed by atoms with Crippen LogP contribution in [-0.2, 0) is 27.2 Å². The van der Waals surface area contributed by atoms with E-state index in [9.17, 15) is 9.59 Å². The van der Waals surface area contributed by atoms with E-state index in [1.54, 1.807) is 20.2 Å². The minimum absolute atomic E-state index is 0.298. The van der Waals surface area contributed by atoms with Crippen LogP contribution in [0.3, 0.4) is 0 Å². The normalized spacial score (nSPS) is 15.8. The van der Waals surface area contributed by atoms with Crippen LogP contribution in [0.25, 0.3) is 0 Å². The highest BCUT2D eigenvalue weighted by molar-refractivity contribution is 5.85. The van der Waals surface area contributed by atoms with Gasteiger partial charge >= 0.3 is 12.1 Å². The lowest BCUT2D eigenvalue weighted by Crippen LogP contribution is -2.39. The van der Waals surface area contributed by atoms with E-state index >= 15 is 0 Å². The molecule has 156 valence electrons. The molecule has 1 aliphatic heterocycles. The zero-order chi connectivity index (χ0) is 21.2. The molecule has 1 aromatic heterocycles. The molecule has 0 N–H and O–H groups in total. The zero-order valence-corrected chi connectivity index (χ0v) is 17.6. The molecule has 2 heterocycles. The molecule has 29 heavy (non-hydrogen) atoms. The second-order valence-electron chi connectivity index (χ2n) is 7.95. The van der Waals surface area contributed by atoms with Crippen molar-refractivity contribution in [2.75, 3.05) is 18.6 Å². The van der Waals surface area contributed by atoms with Crippen molar-refractivity contribution in [3.05, 3.63) is 47.8 Å². The van der Waals surface area contributed by atoms with E-state index < -0.39 is 17.7 Å². The number of carbonyl (C=O) groups is 2. The molecule has 0 saturated heterocycles. The summed E-state index contributed by atoms with van der Waals surface area (Å²) in [5.41, 5.74) is 2.02. The predicted molar refractivity (Wildman–Crippen MR) is 109 cm³/mol. The SMILES string of the molecule is CCOC(=O)C1Cc2c(ccn2C(=O)OC(C)(C)C)N1Cc1ccc(OC)cc1. The lowest BCUT2D eigenvalue weighted by Gasteiger charge is -2.25. The van der Waals surface area contributed by atoms with Crippen LogP contribution in [0, 0.1) is 0 Å². The summed E-state index contributed by atoms with van der Waals surface area (Å²) in [5, 5.41) is 0. The standard InChI is InChI=1S/C22H28N2O5/c1-6-28-20(25)19-13-18-17(11-12-23(18)21(26)29-22(2,3)4)24(19)14-15-7-9-16(27-5)10-8-15/h7-12,19H,6,13-14H2,1-5H3. The third kappa shape index (κ3) is 4.55. The van der Waals surface area contributed by atoms with Crippen LogP contribution in [-0.4, -0.2) is 42.0 Å². The summed E-state index contributed by atoms with van der Waals surface area (Å²) in [6, 6.07) is 9.06. The van der Waals surface area contributed by atoms with Gasteiger partial charge in [0.2, 0.25) is 0 Å². The highest BCUT2D eigenvalue weighted by Crippen LogP contribution is 2.35. The smallest absolute Gasteiger partial charge is 0.418 e. The fourth-order valence-corrected chi connectivity index (χ4v) is 3.43. The summed E-state index contributed by atoms with van der Waals surface area (Å²) < 4.78 is 17.5. The van der Waals surface area contributed by atoms with Crippen molar-refractivity contribution in [1.82, 2.24) is 4.57 Å². The third-order valence-electron chi connectivity index (χ3n) is 4.70. The van der Waals surface area contributed by atoms with Crippen molar-refractivity contribution < 1.29 is 23.8 Å². The average molecular weight is 400 g/mol. The molecule has 1 aliphatic rings. The maximum atomic E-state index is 12.6. The minimum atomic E-state index is -0.601. The third-order valence-corrected chi connectivity index (χ3v) is 4.70. The van der Waals surface area contributed by atoms with E-state index in [2.05, 4.69) is 0 Å². The first kappa shape index (κ1) is 20.8. The van der Waals surface area contributed by atoms with Crippen LogP contribution >= 0.6 is 0 Å². The fraction of sp³-hybridized carbons (Fsp3) is 0.455. The van der Waals surface area contributed by atoms with Crippen LogP contribution in [0.1, 0.15) is 39.0 Å². The van der Waals surface area contributed by atoms with Crippen molar-refractivity contribution in [3.63, 3.8) is 0 Å². The van der Waals surface area contributed by atoms with Gasteiger partial charge in [0.05, 0.1) is 25.1 Å². The molecule has 1 aromatic carbocycles. The van der Waals surface area contributed by atoms with Gasteiger partial charge in [-0.3, -0.25) is 4.57 Å². The molecular formula is C22H28N2O5. The molecule has 0 spiro atoms. The van der Waals surface area contributed by atoms with E-state index in [1.165, 1.54) is 4.57 Å². The van der Waals surface area contributed by atoms with Crippen molar-refractivity contribution >= 4 is 17.7 Å². The maximum Gasteiger partial charge on any atom is 0.418 e. The highest BCUT2D eigenvalue weighted by Gasteiger charge is 2.39. The Morgan fingerprint density at radius 1 is 1.14 bits per heavy atom. The van der Waals surface area contributed by atoms with Crippen molar-refractivity contribution in [2.24, 2.45) is 0 Å². The average Bonchev–Trinajstić information content (AvgIpc) is 3.21. The van der Waals surface area contributed by atoms with Gasteiger partial charge in [-0.2, -0.15) is 0 Å². The molecule has 0 fully saturated rings. The zero-order valence-electron chi connectivity index (χ0n) is 17.6. The largest absolute Gasteiger partial charge is 0.497 e. The van der Waals surface area contributed by atoms with Gasteiger partial charge in [-0.25, -0.2) is 9.59 Å². The van der Waals surface area contributed by atoms with E-state index in [1.807, 2.05) is 56.0 Å². The predicted octanol–water partition coefficient (Wildman–Crippen LogP) is 3.77. The van der Waals surface area contributed by atoms with E-state index in [4.69, 9.17) is 14.2 Å². The highest BCUT2D eigenvalue weighted by atomic mass is 16.6. The number of fused-ring (bicyclic) bond motifs is 1. The quantitative estimate of drug-likeness (QED) is 0.712. The number of aromatic nitrogens is 1. The molecule has 0 bridgehead atoms. The molecule has 7 heteroatoms. The van der Waals surface area contributed by atoms with Gasteiger partial charge in [0.15, 0.2) is 0 Å². The number of methoxy groups -OCH3 is 1. The Kier molecular flexibility index (Phi) is 5.86. The number of ether oxygens (including phenoxy) is 3. The van der Waals surface area contributed by atoms with Crippen molar-refractivity contribution in [3.8, 4) is 5.75 Å². The Labute approximate surface area is 171 Å². The summed E-state index contributed by atoms with van der Waals surface area (Å²) >= 11 is 0. The number of carbonyl (C=O) groups excluding carboxylic acids is 2. The van der Waals surface area contributed by atoms with Gasteiger partial charge in [-0.1, -0.05) is 12.1 Å². The fourth-order valence-electron chi connectivity index (χ4n) is 3.43. The summed E-state index contributed by atoms with van der Waals surface area (Å²) in [5.74, 6) is 0.474. The Morgan fingerprint density at radius 2 is 1.83 bits per heavy atom. The van der Waals surface area contributed by atoms with Gasteiger partial charge in [-0.05, 0) is 51.5 Å². The van der Waals surface area contributed by atoms with Gasteiger partial charge in [0.1, 0.15) is 17.4 Å². The van der Waals surface area contributed by atoms with Gasteiger partial charge in [0, 0.05) is 19.2 Å². The van der Waals surface area contributed by atoms with Crippen LogP contribution in [0.2, 0.25) is 0 Å². The first-order valence-corrected chi connectivity index (χ1v) is 9.73. The van der Waals surface area contributed by atoms with Crippen LogP contribution < -0.4 is 9.64 Å². The van der Waals surface area contributed by atoms with Crippen LogP contribution in [0.5, 0.6) is 5.75 Å². The summed E-state index contributed by atoms with van der Waals surface area (Å²) in [6.45, 7) is 8.08. The Bertz CT molecular complexity index is 880. The van der Waals surface area contributed by atoms with E-state index in [-0.39, 0.29) is 5.97 Å². The molecule has 2 aromatic rings. The first-order chi connectivity index (χ1) is 13.7. The summed E-state index contributed by atoms with van der Waals surface area (Å²) in [6.07, 6.45) is 1.63. The molecule has 1 atom stereocenters. The second-order valence-corrected chi connectivity index (χ2v) is 7.95.